The van der Waals surface area contributed by atoms with Gasteiger partial charge in [-0.3, -0.25) is 4.90 Å². The number of nitrogens with zero attached hydrogens (tertiary/aromatic N) is 3. The highest BCUT2D eigenvalue weighted by Gasteiger charge is 2.50. The zero-order chi connectivity index (χ0) is 15.4. The van der Waals surface area contributed by atoms with Crippen LogP contribution in [-0.2, 0) is 23.6 Å². The van der Waals surface area contributed by atoms with E-state index >= 15 is 0 Å². The van der Waals surface area contributed by atoms with E-state index in [1.54, 1.807) is 0 Å². The molecule has 1 N–H and O–H groups in total. The molecule has 0 unspecified atom stereocenters. The molecule has 1 spiro atoms. The summed E-state index contributed by atoms with van der Waals surface area (Å²) in [6.45, 7) is 3.13. The number of hydrogen-bond donors (Lipinski definition) is 1. The van der Waals surface area contributed by atoms with E-state index in [4.69, 9.17) is 0 Å². The van der Waals surface area contributed by atoms with Gasteiger partial charge in [-0.25, -0.2) is 18.1 Å². The standard InChI is InChI=1S/C15H24N4O2S/c1-18-11-16-8-13(18)9-19-5-4-15(10-19)6-12(7-15)17-22(20,21)14-2-3-14/h8,11-12,14,17H,2-7,9-10H2,1H3. The monoisotopic (exact) mass is 324 g/mol. The molecular formula is C15H24N4O2S. The molecule has 1 aromatic rings. The van der Waals surface area contributed by atoms with Gasteiger partial charge in [0, 0.05) is 32.4 Å². The second-order valence-corrected chi connectivity index (χ2v) is 9.42. The summed E-state index contributed by atoms with van der Waals surface area (Å²) in [4.78, 5) is 6.64. The third-order valence-corrected chi connectivity index (χ3v) is 7.48. The Morgan fingerprint density at radius 2 is 2.18 bits per heavy atom. The molecule has 2 aliphatic carbocycles. The molecule has 22 heavy (non-hydrogen) atoms. The van der Waals surface area contributed by atoms with E-state index < -0.39 is 10.0 Å². The SMILES string of the molecule is Cn1cncc1CN1CCC2(CC(NS(=O)(=O)C3CC3)C2)C1. The van der Waals surface area contributed by atoms with Crippen LogP contribution in [0.2, 0.25) is 0 Å². The molecule has 0 amide bonds. The molecule has 7 heteroatoms. The Morgan fingerprint density at radius 1 is 1.41 bits per heavy atom. The quantitative estimate of drug-likeness (QED) is 0.872. The van der Waals surface area contributed by atoms with E-state index in [1.165, 1.54) is 12.1 Å². The summed E-state index contributed by atoms with van der Waals surface area (Å²) >= 11 is 0. The molecule has 2 heterocycles. The smallest absolute Gasteiger partial charge is 0.214 e. The summed E-state index contributed by atoms with van der Waals surface area (Å²) in [6, 6.07) is 0.169. The van der Waals surface area contributed by atoms with E-state index in [2.05, 4.69) is 19.2 Å². The fourth-order valence-corrected chi connectivity index (χ4v) is 5.62. The van der Waals surface area contributed by atoms with Crippen molar-refractivity contribution in [3.63, 3.8) is 0 Å². The molecule has 3 fully saturated rings. The first-order chi connectivity index (χ1) is 10.5. The van der Waals surface area contributed by atoms with Gasteiger partial charge in [0.2, 0.25) is 10.0 Å². The predicted molar refractivity (Wildman–Crippen MR) is 83.6 cm³/mol. The number of imidazole rings is 1. The van der Waals surface area contributed by atoms with Crippen LogP contribution >= 0.6 is 0 Å². The van der Waals surface area contributed by atoms with Crippen molar-refractivity contribution in [1.29, 1.82) is 0 Å². The van der Waals surface area contributed by atoms with Crippen LogP contribution < -0.4 is 4.72 Å². The van der Waals surface area contributed by atoms with Gasteiger partial charge in [-0.05, 0) is 44.1 Å². The molecule has 3 aliphatic rings. The first-order valence-electron chi connectivity index (χ1n) is 8.15. The van der Waals surface area contributed by atoms with Crippen LogP contribution in [0.15, 0.2) is 12.5 Å². The summed E-state index contributed by atoms with van der Waals surface area (Å²) in [6.07, 6.45) is 8.64. The van der Waals surface area contributed by atoms with Gasteiger partial charge in [0.15, 0.2) is 0 Å². The lowest BCUT2D eigenvalue weighted by Gasteiger charge is -2.45. The largest absolute Gasteiger partial charge is 0.337 e. The van der Waals surface area contributed by atoms with Crippen molar-refractivity contribution in [2.45, 2.75) is 49.9 Å². The van der Waals surface area contributed by atoms with Crippen LogP contribution in [0, 0.1) is 5.41 Å². The van der Waals surface area contributed by atoms with E-state index in [0.717, 1.165) is 45.3 Å². The second-order valence-electron chi connectivity index (χ2n) is 7.42. The third kappa shape index (κ3) is 2.70. The van der Waals surface area contributed by atoms with Crippen LogP contribution in [0.25, 0.3) is 0 Å². The summed E-state index contributed by atoms with van der Waals surface area (Å²) in [7, 11) is -1.00. The average molecular weight is 324 g/mol. The highest BCUT2D eigenvalue weighted by molar-refractivity contribution is 7.90. The highest BCUT2D eigenvalue weighted by atomic mass is 32.2. The molecule has 0 bridgehead atoms. The zero-order valence-electron chi connectivity index (χ0n) is 13.0. The average Bonchev–Trinajstić information content (AvgIpc) is 3.11. The van der Waals surface area contributed by atoms with Crippen molar-refractivity contribution in [3.8, 4) is 0 Å². The maximum atomic E-state index is 12.0. The van der Waals surface area contributed by atoms with Gasteiger partial charge in [-0.15, -0.1) is 0 Å². The summed E-state index contributed by atoms with van der Waals surface area (Å²) < 4.78 is 28.9. The van der Waals surface area contributed by atoms with Gasteiger partial charge in [0.25, 0.3) is 0 Å². The fourth-order valence-electron chi connectivity index (χ4n) is 4.04. The van der Waals surface area contributed by atoms with Crippen molar-refractivity contribution < 1.29 is 8.42 Å². The lowest BCUT2D eigenvalue weighted by atomic mass is 9.65. The molecule has 0 radical (unpaired) electrons. The number of nitrogens with one attached hydrogen (secondary N) is 1. The second kappa shape index (κ2) is 5.04. The molecule has 1 aromatic heterocycles. The minimum atomic E-state index is -3.03. The number of aryl methyl sites for hydroxylation is 1. The van der Waals surface area contributed by atoms with Crippen LogP contribution in [0.5, 0.6) is 0 Å². The first-order valence-corrected chi connectivity index (χ1v) is 9.69. The van der Waals surface area contributed by atoms with E-state index in [-0.39, 0.29) is 11.3 Å². The molecule has 122 valence electrons. The van der Waals surface area contributed by atoms with Gasteiger partial charge in [0.1, 0.15) is 0 Å². The number of sulfonamides is 1. The Bertz CT molecular complexity index is 659. The lowest BCUT2D eigenvalue weighted by Crippen LogP contribution is -2.52. The van der Waals surface area contributed by atoms with Gasteiger partial charge >= 0.3 is 0 Å². The molecule has 1 aliphatic heterocycles. The Kier molecular flexibility index (Phi) is 3.36. The van der Waals surface area contributed by atoms with Gasteiger partial charge in [-0.1, -0.05) is 0 Å². The maximum Gasteiger partial charge on any atom is 0.214 e. The van der Waals surface area contributed by atoms with Crippen molar-refractivity contribution in [2.24, 2.45) is 12.5 Å². The minimum absolute atomic E-state index is 0.103. The molecule has 4 rings (SSSR count). The Hall–Kier alpha value is -0.920. The zero-order valence-corrected chi connectivity index (χ0v) is 13.8. The van der Waals surface area contributed by atoms with Crippen molar-refractivity contribution in [1.82, 2.24) is 19.2 Å². The van der Waals surface area contributed by atoms with Crippen LogP contribution in [0.1, 0.15) is 37.8 Å². The number of aromatic nitrogens is 2. The van der Waals surface area contributed by atoms with E-state index in [1.807, 2.05) is 19.6 Å². The summed E-state index contributed by atoms with van der Waals surface area (Å²) in [5.41, 5.74) is 1.58. The topological polar surface area (TPSA) is 67.2 Å². The molecule has 0 atom stereocenters. The van der Waals surface area contributed by atoms with Crippen molar-refractivity contribution in [2.75, 3.05) is 13.1 Å². The third-order valence-electron chi connectivity index (χ3n) is 5.47. The van der Waals surface area contributed by atoms with Crippen LogP contribution in [-0.4, -0.2) is 47.3 Å². The minimum Gasteiger partial charge on any atom is -0.337 e. The van der Waals surface area contributed by atoms with Gasteiger partial charge in [0.05, 0.1) is 17.3 Å². The summed E-state index contributed by atoms with van der Waals surface area (Å²) in [5, 5.41) is -0.103. The number of rotatable bonds is 5. The fraction of sp³-hybridized carbons (Fsp3) is 0.800. The lowest BCUT2D eigenvalue weighted by molar-refractivity contribution is 0.101. The molecular weight excluding hydrogens is 300 g/mol. The maximum absolute atomic E-state index is 12.0. The Balaban J connectivity index is 1.30. The highest BCUT2D eigenvalue weighted by Crippen LogP contribution is 2.49. The normalized spacial score (nSPS) is 32.5. The predicted octanol–water partition coefficient (Wildman–Crippen LogP) is 0.856. The van der Waals surface area contributed by atoms with Gasteiger partial charge in [-0.2, -0.15) is 0 Å². The Morgan fingerprint density at radius 3 is 2.82 bits per heavy atom. The van der Waals surface area contributed by atoms with Crippen molar-refractivity contribution in [3.05, 3.63) is 18.2 Å². The number of hydrogen-bond acceptors (Lipinski definition) is 4. The van der Waals surface area contributed by atoms with E-state index in [9.17, 15) is 8.42 Å². The molecule has 6 nitrogen and oxygen atoms in total. The number of likely N-dealkylation sites (tertiary alicyclic amines) is 1. The Labute approximate surface area is 132 Å². The van der Waals surface area contributed by atoms with Gasteiger partial charge < -0.3 is 4.57 Å². The van der Waals surface area contributed by atoms with Crippen LogP contribution in [0.4, 0.5) is 0 Å². The molecule has 0 aromatic carbocycles. The molecule has 1 saturated heterocycles. The molecule has 2 saturated carbocycles. The first kappa shape index (κ1) is 14.7. The van der Waals surface area contributed by atoms with Crippen LogP contribution in [0.3, 0.4) is 0 Å². The van der Waals surface area contributed by atoms with E-state index in [0.29, 0.717) is 5.41 Å². The summed E-state index contributed by atoms with van der Waals surface area (Å²) in [5.74, 6) is 0. The van der Waals surface area contributed by atoms with Crippen molar-refractivity contribution >= 4 is 10.0 Å².